The summed E-state index contributed by atoms with van der Waals surface area (Å²) in [6.07, 6.45) is 4.45. The Kier molecular flexibility index (Phi) is 6.45. The SMILES string of the molecule is O=C(O)C1CCN(C(=O)C=Cc2ccc(Sc3ccc4c(c3)OCCO4)c3ccccc23)CC1. The molecule has 1 N–H and O–H groups in total. The summed E-state index contributed by atoms with van der Waals surface area (Å²) in [5, 5.41) is 11.3. The normalized spacial score (nSPS) is 16.2. The van der Waals surface area contributed by atoms with Gasteiger partial charge in [0.2, 0.25) is 5.91 Å². The molecule has 174 valence electrons. The van der Waals surface area contributed by atoms with Gasteiger partial charge >= 0.3 is 5.97 Å². The first-order valence-corrected chi connectivity index (χ1v) is 12.2. The van der Waals surface area contributed by atoms with Gasteiger partial charge < -0.3 is 19.5 Å². The summed E-state index contributed by atoms with van der Waals surface area (Å²) in [6, 6.07) is 18.3. The number of carbonyl (C=O) groups is 2. The molecule has 0 atom stereocenters. The molecule has 0 radical (unpaired) electrons. The lowest BCUT2D eigenvalue weighted by atomic mass is 9.97. The van der Waals surface area contributed by atoms with Crippen LogP contribution < -0.4 is 9.47 Å². The van der Waals surface area contributed by atoms with E-state index in [0.717, 1.165) is 37.6 Å². The highest BCUT2D eigenvalue weighted by molar-refractivity contribution is 7.99. The first-order chi connectivity index (χ1) is 16.6. The van der Waals surface area contributed by atoms with Crippen LogP contribution in [0, 0.1) is 5.92 Å². The monoisotopic (exact) mass is 475 g/mol. The van der Waals surface area contributed by atoms with Crippen molar-refractivity contribution in [3.05, 3.63) is 66.2 Å². The summed E-state index contributed by atoms with van der Waals surface area (Å²) >= 11 is 1.67. The minimum absolute atomic E-state index is 0.0809. The van der Waals surface area contributed by atoms with Crippen LogP contribution in [-0.2, 0) is 9.59 Å². The van der Waals surface area contributed by atoms with Crippen LogP contribution in [0.25, 0.3) is 16.8 Å². The van der Waals surface area contributed by atoms with Gasteiger partial charge in [-0.2, -0.15) is 0 Å². The van der Waals surface area contributed by atoms with E-state index >= 15 is 0 Å². The number of carbonyl (C=O) groups excluding carboxylic acids is 1. The number of likely N-dealkylation sites (tertiary alicyclic amines) is 1. The molecule has 0 bridgehead atoms. The zero-order chi connectivity index (χ0) is 23.5. The van der Waals surface area contributed by atoms with E-state index in [-0.39, 0.29) is 11.8 Å². The maximum absolute atomic E-state index is 12.7. The molecule has 6 nitrogen and oxygen atoms in total. The number of fused-ring (bicyclic) bond motifs is 2. The summed E-state index contributed by atoms with van der Waals surface area (Å²) in [7, 11) is 0. The Labute approximate surface area is 202 Å². The molecule has 2 aliphatic rings. The minimum Gasteiger partial charge on any atom is -0.486 e. The maximum Gasteiger partial charge on any atom is 0.306 e. The number of nitrogens with zero attached hydrogens (tertiary/aromatic N) is 1. The number of amides is 1. The Morgan fingerprint density at radius 2 is 1.68 bits per heavy atom. The molecule has 0 saturated carbocycles. The van der Waals surface area contributed by atoms with Gasteiger partial charge in [0.1, 0.15) is 13.2 Å². The van der Waals surface area contributed by atoms with E-state index in [9.17, 15) is 9.59 Å². The predicted molar refractivity (Wildman–Crippen MR) is 131 cm³/mol. The molecule has 1 amide bonds. The smallest absolute Gasteiger partial charge is 0.306 e. The van der Waals surface area contributed by atoms with Crippen molar-refractivity contribution in [2.45, 2.75) is 22.6 Å². The van der Waals surface area contributed by atoms with Gasteiger partial charge in [-0.1, -0.05) is 42.1 Å². The van der Waals surface area contributed by atoms with E-state index in [1.54, 1.807) is 22.7 Å². The van der Waals surface area contributed by atoms with Gasteiger partial charge in [-0.3, -0.25) is 9.59 Å². The third-order valence-electron chi connectivity index (χ3n) is 6.22. The fourth-order valence-corrected chi connectivity index (χ4v) is 5.34. The molecule has 3 aromatic rings. The van der Waals surface area contributed by atoms with Gasteiger partial charge in [0.25, 0.3) is 0 Å². The Balaban J connectivity index is 1.34. The number of carboxylic acid groups (broad SMARTS) is 1. The first-order valence-electron chi connectivity index (χ1n) is 11.4. The lowest BCUT2D eigenvalue weighted by molar-refractivity contribution is -0.144. The summed E-state index contributed by atoms with van der Waals surface area (Å²) in [5.41, 5.74) is 0.968. The molecular weight excluding hydrogens is 450 g/mol. The molecule has 0 aliphatic carbocycles. The van der Waals surface area contributed by atoms with E-state index in [0.29, 0.717) is 39.1 Å². The summed E-state index contributed by atoms with van der Waals surface area (Å²) in [6.45, 7) is 2.08. The number of ether oxygens (including phenoxy) is 2. The zero-order valence-corrected chi connectivity index (χ0v) is 19.4. The van der Waals surface area contributed by atoms with E-state index in [2.05, 4.69) is 18.2 Å². The highest BCUT2D eigenvalue weighted by atomic mass is 32.2. The molecule has 7 heteroatoms. The molecule has 0 unspecified atom stereocenters. The maximum atomic E-state index is 12.7. The van der Waals surface area contributed by atoms with Crippen molar-refractivity contribution in [3.8, 4) is 11.5 Å². The number of hydrogen-bond acceptors (Lipinski definition) is 5. The quantitative estimate of drug-likeness (QED) is 0.518. The van der Waals surface area contributed by atoms with Gasteiger partial charge in [-0.15, -0.1) is 0 Å². The highest BCUT2D eigenvalue weighted by Gasteiger charge is 2.26. The Bertz CT molecular complexity index is 1260. The fourth-order valence-electron chi connectivity index (χ4n) is 4.36. The van der Waals surface area contributed by atoms with Crippen LogP contribution in [-0.4, -0.2) is 48.2 Å². The third-order valence-corrected chi connectivity index (χ3v) is 7.29. The number of rotatable bonds is 5. The van der Waals surface area contributed by atoms with Crippen LogP contribution in [0.15, 0.2) is 70.5 Å². The van der Waals surface area contributed by atoms with E-state index in [1.165, 1.54) is 0 Å². The van der Waals surface area contributed by atoms with E-state index in [1.807, 2.05) is 42.5 Å². The molecule has 1 saturated heterocycles. The number of hydrogen-bond donors (Lipinski definition) is 1. The highest BCUT2D eigenvalue weighted by Crippen LogP contribution is 2.39. The van der Waals surface area contributed by atoms with Crippen molar-refractivity contribution in [2.75, 3.05) is 26.3 Å². The van der Waals surface area contributed by atoms with Crippen molar-refractivity contribution in [1.29, 1.82) is 0 Å². The van der Waals surface area contributed by atoms with Gasteiger partial charge in [0.05, 0.1) is 5.92 Å². The third kappa shape index (κ3) is 4.75. The van der Waals surface area contributed by atoms with E-state index in [4.69, 9.17) is 14.6 Å². The minimum atomic E-state index is -0.775. The average molecular weight is 476 g/mol. The number of benzene rings is 3. The Hall–Kier alpha value is -3.45. The zero-order valence-electron chi connectivity index (χ0n) is 18.6. The molecule has 34 heavy (non-hydrogen) atoms. The van der Waals surface area contributed by atoms with Crippen molar-refractivity contribution >= 4 is 40.5 Å². The molecule has 2 aliphatic heterocycles. The fraction of sp³-hybridized carbons (Fsp3) is 0.259. The predicted octanol–water partition coefficient (Wildman–Crippen LogP) is 5.10. The average Bonchev–Trinajstić information content (AvgIpc) is 2.88. The van der Waals surface area contributed by atoms with Crippen molar-refractivity contribution in [3.63, 3.8) is 0 Å². The van der Waals surface area contributed by atoms with Crippen LogP contribution >= 0.6 is 11.8 Å². The van der Waals surface area contributed by atoms with E-state index < -0.39 is 5.97 Å². The van der Waals surface area contributed by atoms with Gasteiger partial charge in [0.15, 0.2) is 11.5 Å². The van der Waals surface area contributed by atoms with Gasteiger partial charge in [-0.05, 0) is 59.5 Å². The van der Waals surface area contributed by atoms with Gasteiger partial charge in [0, 0.05) is 29.0 Å². The molecule has 1 fully saturated rings. The van der Waals surface area contributed by atoms with Crippen LogP contribution in [0.2, 0.25) is 0 Å². The van der Waals surface area contributed by atoms with Crippen LogP contribution in [0.5, 0.6) is 11.5 Å². The van der Waals surface area contributed by atoms with Crippen molar-refractivity contribution in [2.24, 2.45) is 5.92 Å². The molecule has 3 aromatic carbocycles. The van der Waals surface area contributed by atoms with Crippen LogP contribution in [0.1, 0.15) is 18.4 Å². The standard InChI is InChI=1S/C27H25NO5S/c29-26(28-13-11-19(12-14-28)27(30)31)10-6-18-5-9-25(22-4-2-1-3-21(18)22)34-20-7-8-23-24(17-20)33-16-15-32-23/h1-10,17,19H,11-16H2,(H,30,31). The second kappa shape index (κ2) is 9.81. The topological polar surface area (TPSA) is 76.1 Å². The summed E-state index contributed by atoms with van der Waals surface area (Å²) in [4.78, 5) is 27.7. The van der Waals surface area contributed by atoms with Gasteiger partial charge in [-0.25, -0.2) is 0 Å². The molecule has 0 aromatic heterocycles. The molecule has 5 rings (SSSR count). The second-order valence-corrected chi connectivity index (χ2v) is 9.49. The lowest BCUT2D eigenvalue weighted by Crippen LogP contribution is -2.39. The second-order valence-electron chi connectivity index (χ2n) is 8.38. The first kappa shape index (κ1) is 22.3. The number of piperidine rings is 1. The summed E-state index contributed by atoms with van der Waals surface area (Å²) in [5.74, 6) is 0.339. The lowest BCUT2D eigenvalue weighted by Gasteiger charge is -2.29. The Morgan fingerprint density at radius 3 is 2.44 bits per heavy atom. The van der Waals surface area contributed by atoms with Crippen molar-refractivity contribution in [1.82, 2.24) is 4.90 Å². The molecule has 2 heterocycles. The number of carboxylic acids is 1. The van der Waals surface area contributed by atoms with Crippen molar-refractivity contribution < 1.29 is 24.2 Å². The van der Waals surface area contributed by atoms with Crippen LogP contribution in [0.3, 0.4) is 0 Å². The Morgan fingerprint density at radius 1 is 0.941 bits per heavy atom. The number of aliphatic carboxylic acids is 1. The largest absolute Gasteiger partial charge is 0.486 e. The van der Waals surface area contributed by atoms with Crippen LogP contribution in [0.4, 0.5) is 0 Å². The summed E-state index contributed by atoms with van der Waals surface area (Å²) < 4.78 is 11.3. The molecular formula is C27H25NO5S. The molecule has 0 spiro atoms.